The summed E-state index contributed by atoms with van der Waals surface area (Å²) in [5, 5.41) is 0. The molecule has 2 atom stereocenters. The molecule has 0 N–H and O–H groups in total. The molecule has 11 heavy (non-hydrogen) atoms. The first-order valence-corrected chi connectivity index (χ1v) is 4.10. The monoisotopic (exact) mass is 160 g/mol. The fourth-order valence-corrected chi connectivity index (χ4v) is 1.11. The van der Waals surface area contributed by atoms with Crippen LogP contribution >= 0.6 is 0 Å². The molecular weight excluding hydrogens is 144 g/mol. The smallest absolute Gasteiger partial charge is 0.146 e. The topological polar surface area (TPSA) is 31.0 Å². The van der Waals surface area contributed by atoms with Crippen LogP contribution in [0.1, 0.15) is 19.8 Å². The number of ether oxygens (including phenoxy) is 3. The second-order valence-electron chi connectivity index (χ2n) is 2.78. The summed E-state index contributed by atoms with van der Waals surface area (Å²) in [6.45, 7) is 3.21. The molecule has 0 radical (unpaired) electrons. The second kappa shape index (κ2) is 4.70. The van der Waals surface area contributed by atoms with E-state index in [1.54, 1.807) is 7.11 Å². The molecule has 1 aliphatic rings. The largest absolute Gasteiger partial charge is 0.367 e. The third kappa shape index (κ3) is 3.18. The molecule has 66 valence electrons. The summed E-state index contributed by atoms with van der Waals surface area (Å²) in [5.74, 6) is 0. The van der Waals surface area contributed by atoms with Gasteiger partial charge in [-0.2, -0.15) is 0 Å². The summed E-state index contributed by atoms with van der Waals surface area (Å²) < 4.78 is 15.2. The Hall–Kier alpha value is -0.120. The summed E-state index contributed by atoms with van der Waals surface area (Å²) >= 11 is 0. The van der Waals surface area contributed by atoms with E-state index in [0.29, 0.717) is 25.6 Å². The van der Waals surface area contributed by atoms with Crippen molar-refractivity contribution in [1.82, 2.24) is 0 Å². The van der Waals surface area contributed by atoms with Gasteiger partial charge in [-0.05, 0) is 6.42 Å². The first-order chi connectivity index (χ1) is 5.38. The number of hydrogen-bond acceptors (Lipinski definition) is 3. The van der Waals surface area contributed by atoms with Crippen molar-refractivity contribution in [3.8, 4) is 0 Å². The number of hydrogen-bond donors (Lipinski definition) is 0. The van der Waals surface area contributed by atoms with Crippen molar-refractivity contribution < 1.29 is 14.2 Å². The van der Waals surface area contributed by atoms with Crippen molar-refractivity contribution in [2.75, 3.05) is 20.5 Å². The molecule has 1 aliphatic heterocycles. The Bertz CT molecular complexity index is 106. The minimum atomic E-state index is 0.338. The predicted octanol–water partition coefficient (Wildman–Crippen LogP) is 1.17. The highest BCUT2D eigenvalue weighted by Gasteiger charge is 2.37. The highest BCUT2D eigenvalue weighted by atomic mass is 16.7. The van der Waals surface area contributed by atoms with Crippen LogP contribution in [0, 0.1) is 0 Å². The van der Waals surface area contributed by atoms with Crippen LogP contribution in [0.2, 0.25) is 0 Å². The fraction of sp³-hybridized carbons (Fsp3) is 1.00. The lowest BCUT2D eigenvalue weighted by atomic mass is 10.2. The van der Waals surface area contributed by atoms with Crippen LogP contribution in [0.5, 0.6) is 0 Å². The summed E-state index contributed by atoms with van der Waals surface area (Å²) in [4.78, 5) is 0. The molecule has 0 spiro atoms. The van der Waals surface area contributed by atoms with Gasteiger partial charge in [-0.3, -0.25) is 0 Å². The van der Waals surface area contributed by atoms with Gasteiger partial charge in [-0.25, -0.2) is 0 Å². The van der Waals surface area contributed by atoms with Gasteiger partial charge in [-0.1, -0.05) is 13.3 Å². The quantitative estimate of drug-likeness (QED) is 0.332. The summed E-state index contributed by atoms with van der Waals surface area (Å²) in [6.07, 6.45) is 3.13. The van der Waals surface area contributed by atoms with Gasteiger partial charge >= 0.3 is 0 Å². The molecular formula is C8H16O3. The average molecular weight is 160 g/mol. The van der Waals surface area contributed by atoms with Crippen molar-refractivity contribution in [2.24, 2.45) is 0 Å². The summed E-state index contributed by atoms with van der Waals surface area (Å²) in [6, 6.07) is 0. The highest BCUT2D eigenvalue weighted by Crippen LogP contribution is 2.26. The van der Waals surface area contributed by atoms with Crippen LogP contribution < -0.4 is 0 Å². The zero-order chi connectivity index (χ0) is 8.10. The molecule has 1 heterocycles. The highest BCUT2D eigenvalue weighted by molar-refractivity contribution is 4.83. The van der Waals surface area contributed by atoms with Gasteiger partial charge in [0.25, 0.3) is 0 Å². The van der Waals surface area contributed by atoms with Crippen LogP contribution in [0.25, 0.3) is 0 Å². The van der Waals surface area contributed by atoms with Crippen LogP contribution in [0.4, 0.5) is 0 Å². The van der Waals surface area contributed by atoms with E-state index in [1.807, 2.05) is 0 Å². The third-order valence-corrected chi connectivity index (χ3v) is 1.74. The number of methoxy groups -OCH3 is 1. The maximum Gasteiger partial charge on any atom is 0.146 e. The van der Waals surface area contributed by atoms with E-state index in [1.165, 1.54) is 6.42 Å². The Kier molecular flexibility index (Phi) is 3.83. The molecule has 0 unspecified atom stereocenters. The van der Waals surface area contributed by atoms with E-state index in [-0.39, 0.29) is 0 Å². The maximum atomic E-state index is 5.32. The van der Waals surface area contributed by atoms with Crippen molar-refractivity contribution in [3.63, 3.8) is 0 Å². The molecule has 0 amide bonds. The molecule has 1 fully saturated rings. The molecule has 0 aromatic rings. The second-order valence-corrected chi connectivity index (χ2v) is 2.78. The maximum absolute atomic E-state index is 5.32. The molecule has 3 heteroatoms. The minimum absolute atomic E-state index is 0.338. The molecule has 0 bridgehead atoms. The Labute approximate surface area is 67.6 Å². The lowest BCUT2D eigenvalue weighted by Gasteiger charge is -1.97. The van der Waals surface area contributed by atoms with Crippen LogP contribution in [0.3, 0.4) is 0 Å². The van der Waals surface area contributed by atoms with Gasteiger partial charge in [0.1, 0.15) is 12.9 Å². The number of epoxide rings is 1. The van der Waals surface area contributed by atoms with Gasteiger partial charge in [0, 0.05) is 7.11 Å². The lowest BCUT2D eigenvalue weighted by Crippen LogP contribution is -2.06. The van der Waals surface area contributed by atoms with E-state index in [4.69, 9.17) is 14.2 Å². The summed E-state index contributed by atoms with van der Waals surface area (Å²) in [7, 11) is 1.62. The predicted molar refractivity (Wildman–Crippen MR) is 41.4 cm³/mol. The van der Waals surface area contributed by atoms with Crippen molar-refractivity contribution >= 4 is 0 Å². The molecule has 1 rings (SSSR count). The van der Waals surface area contributed by atoms with Crippen LogP contribution in [-0.2, 0) is 14.2 Å². The van der Waals surface area contributed by atoms with Crippen LogP contribution in [-0.4, -0.2) is 32.7 Å². The van der Waals surface area contributed by atoms with Gasteiger partial charge in [-0.15, -0.1) is 0 Å². The van der Waals surface area contributed by atoms with Gasteiger partial charge < -0.3 is 14.2 Å². The lowest BCUT2D eigenvalue weighted by molar-refractivity contribution is -0.0351. The van der Waals surface area contributed by atoms with E-state index >= 15 is 0 Å². The normalized spacial score (nSPS) is 28.9. The summed E-state index contributed by atoms with van der Waals surface area (Å²) in [5.41, 5.74) is 0. The molecule has 0 aromatic heterocycles. The van der Waals surface area contributed by atoms with E-state index < -0.39 is 0 Å². The van der Waals surface area contributed by atoms with Gasteiger partial charge in [0.15, 0.2) is 0 Å². The fourth-order valence-electron chi connectivity index (χ4n) is 1.11. The van der Waals surface area contributed by atoms with E-state index in [9.17, 15) is 0 Å². The zero-order valence-electron chi connectivity index (χ0n) is 7.21. The first-order valence-electron chi connectivity index (χ1n) is 4.10. The molecule has 0 aliphatic carbocycles. The van der Waals surface area contributed by atoms with Crippen molar-refractivity contribution in [1.29, 1.82) is 0 Å². The van der Waals surface area contributed by atoms with Gasteiger partial charge in [0.05, 0.1) is 12.7 Å². The Balaban J connectivity index is 1.87. The van der Waals surface area contributed by atoms with Crippen molar-refractivity contribution in [3.05, 3.63) is 0 Å². The number of rotatable bonds is 6. The first kappa shape index (κ1) is 8.97. The van der Waals surface area contributed by atoms with Crippen LogP contribution in [0.15, 0.2) is 0 Å². The van der Waals surface area contributed by atoms with Crippen molar-refractivity contribution in [2.45, 2.75) is 32.0 Å². The van der Waals surface area contributed by atoms with Gasteiger partial charge in [0.2, 0.25) is 0 Å². The SMILES string of the molecule is CCC[C@@H]1O[C@@H]1COCOC. The standard InChI is InChI=1S/C8H16O3/c1-3-4-7-8(11-7)5-10-6-9-2/h7-8H,3-6H2,1-2H3/t7-,8+/m0/s1. The Morgan fingerprint density at radius 2 is 2.18 bits per heavy atom. The molecule has 0 aromatic carbocycles. The van der Waals surface area contributed by atoms with E-state index in [2.05, 4.69) is 6.92 Å². The average Bonchev–Trinajstić information content (AvgIpc) is 2.70. The minimum Gasteiger partial charge on any atom is -0.367 e. The zero-order valence-corrected chi connectivity index (χ0v) is 7.21. The molecule has 1 saturated heterocycles. The Morgan fingerprint density at radius 3 is 2.82 bits per heavy atom. The Morgan fingerprint density at radius 1 is 1.36 bits per heavy atom. The van der Waals surface area contributed by atoms with E-state index in [0.717, 1.165) is 6.42 Å². The molecule has 0 saturated carbocycles. The molecule has 3 nitrogen and oxygen atoms in total. The third-order valence-electron chi connectivity index (χ3n) is 1.74.